The second kappa shape index (κ2) is 5.00. The van der Waals surface area contributed by atoms with Crippen LogP contribution >= 0.6 is 0 Å². The van der Waals surface area contributed by atoms with Crippen LogP contribution < -0.4 is 5.73 Å². The second-order valence-corrected chi connectivity index (χ2v) is 5.04. The van der Waals surface area contributed by atoms with E-state index in [-0.39, 0.29) is 5.54 Å². The molecule has 1 aliphatic heterocycles. The number of ether oxygens (including phenoxy) is 2. The molecule has 4 nitrogen and oxygen atoms in total. The van der Waals surface area contributed by atoms with E-state index in [2.05, 4.69) is 18.7 Å². The van der Waals surface area contributed by atoms with E-state index in [1.165, 1.54) is 0 Å². The van der Waals surface area contributed by atoms with E-state index >= 15 is 0 Å². The summed E-state index contributed by atoms with van der Waals surface area (Å²) < 4.78 is 11.2. The predicted molar refractivity (Wildman–Crippen MR) is 63.4 cm³/mol. The van der Waals surface area contributed by atoms with Crippen molar-refractivity contribution >= 4 is 0 Å². The average Bonchev–Trinajstić information content (AvgIpc) is 2.23. The fourth-order valence-corrected chi connectivity index (χ4v) is 2.94. The van der Waals surface area contributed by atoms with E-state index in [1.54, 1.807) is 0 Å². The Hall–Kier alpha value is -0.160. The molecule has 1 saturated carbocycles. The van der Waals surface area contributed by atoms with Gasteiger partial charge >= 0.3 is 0 Å². The third kappa shape index (κ3) is 2.25. The molecule has 94 valence electrons. The average molecular weight is 228 g/mol. The lowest BCUT2D eigenvalue weighted by Crippen LogP contribution is -2.66. The summed E-state index contributed by atoms with van der Waals surface area (Å²) in [6.07, 6.45) is 2.93. The molecule has 0 spiro atoms. The van der Waals surface area contributed by atoms with Gasteiger partial charge in [-0.1, -0.05) is 0 Å². The van der Waals surface area contributed by atoms with E-state index in [0.29, 0.717) is 12.2 Å². The molecule has 0 aromatic heterocycles. The zero-order valence-corrected chi connectivity index (χ0v) is 10.4. The number of nitrogens with two attached hydrogens (primary N) is 1. The predicted octanol–water partition coefficient (Wildman–Crippen LogP) is 0.604. The Balaban J connectivity index is 1.90. The zero-order valence-electron chi connectivity index (χ0n) is 10.4. The Labute approximate surface area is 98.1 Å². The lowest BCUT2D eigenvalue weighted by molar-refractivity contribution is -0.136. The molecule has 2 N–H and O–H groups in total. The smallest absolute Gasteiger partial charge is 0.0674 e. The normalized spacial score (nSPS) is 40.7. The van der Waals surface area contributed by atoms with Gasteiger partial charge in [0.05, 0.1) is 18.8 Å². The van der Waals surface area contributed by atoms with Crippen molar-refractivity contribution < 1.29 is 9.47 Å². The molecular weight excluding hydrogens is 204 g/mol. The Morgan fingerprint density at radius 3 is 2.81 bits per heavy atom. The van der Waals surface area contributed by atoms with Crippen molar-refractivity contribution in [3.05, 3.63) is 0 Å². The van der Waals surface area contributed by atoms with Crippen molar-refractivity contribution in [1.82, 2.24) is 4.90 Å². The van der Waals surface area contributed by atoms with E-state index in [0.717, 1.165) is 45.7 Å². The molecule has 1 unspecified atom stereocenters. The first-order valence-electron chi connectivity index (χ1n) is 6.38. The quantitative estimate of drug-likeness (QED) is 0.765. The first-order chi connectivity index (χ1) is 7.70. The van der Waals surface area contributed by atoms with Crippen molar-refractivity contribution in [2.45, 2.75) is 44.4 Å². The molecule has 16 heavy (non-hydrogen) atoms. The molecule has 0 amide bonds. The minimum atomic E-state index is 0.192. The largest absolute Gasteiger partial charge is 0.378 e. The third-order valence-corrected chi connectivity index (χ3v) is 3.91. The molecule has 0 aromatic carbocycles. The van der Waals surface area contributed by atoms with Crippen LogP contribution in [0.5, 0.6) is 0 Å². The van der Waals surface area contributed by atoms with E-state index in [4.69, 9.17) is 15.2 Å². The van der Waals surface area contributed by atoms with Gasteiger partial charge in [-0.05, 0) is 26.7 Å². The summed E-state index contributed by atoms with van der Waals surface area (Å²) in [6.45, 7) is 8.60. The molecular formula is C12H24N2O2. The van der Waals surface area contributed by atoms with Gasteiger partial charge in [-0.25, -0.2) is 0 Å². The van der Waals surface area contributed by atoms with Gasteiger partial charge in [-0.3, -0.25) is 4.90 Å². The summed E-state index contributed by atoms with van der Waals surface area (Å²) >= 11 is 0. The molecule has 0 bridgehead atoms. The van der Waals surface area contributed by atoms with Crippen LogP contribution in [0.2, 0.25) is 0 Å². The van der Waals surface area contributed by atoms with Crippen LogP contribution in [0, 0.1) is 0 Å². The fraction of sp³-hybridized carbons (Fsp3) is 1.00. The molecule has 1 atom stereocenters. The van der Waals surface area contributed by atoms with Gasteiger partial charge in [0, 0.05) is 31.8 Å². The molecule has 0 aromatic rings. The Bertz CT molecular complexity index is 229. The van der Waals surface area contributed by atoms with Gasteiger partial charge in [0.1, 0.15) is 0 Å². The van der Waals surface area contributed by atoms with Crippen LogP contribution in [-0.2, 0) is 9.47 Å². The lowest BCUT2D eigenvalue weighted by Gasteiger charge is -2.55. The van der Waals surface area contributed by atoms with Gasteiger partial charge in [-0.15, -0.1) is 0 Å². The van der Waals surface area contributed by atoms with Crippen LogP contribution in [0.25, 0.3) is 0 Å². The zero-order chi connectivity index (χ0) is 11.6. The number of hydrogen-bond acceptors (Lipinski definition) is 4. The van der Waals surface area contributed by atoms with Crippen LogP contribution in [0.1, 0.15) is 26.7 Å². The van der Waals surface area contributed by atoms with Gasteiger partial charge in [0.25, 0.3) is 0 Å². The minimum Gasteiger partial charge on any atom is -0.378 e. The highest BCUT2D eigenvalue weighted by Crippen LogP contribution is 2.39. The van der Waals surface area contributed by atoms with Gasteiger partial charge in [0.2, 0.25) is 0 Å². The summed E-state index contributed by atoms with van der Waals surface area (Å²) in [5.41, 5.74) is 6.16. The van der Waals surface area contributed by atoms with Crippen molar-refractivity contribution in [2.75, 3.05) is 32.8 Å². The number of nitrogens with zero attached hydrogens (tertiary/aromatic N) is 1. The summed E-state index contributed by atoms with van der Waals surface area (Å²) in [5, 5.41) is 0. The molecule has 4 heteroatoms. The van der Waals surface area contributed by atoms with Crippen molar-refractivity contribution in [3.8, 4) is 0 Å². The van der Waals surface area contributed by atoms with Crippen LogP contribution in [-0.4, -0.2) is 55.5 Å². The highest BCUT2D eigenvalue weighted by molar-refractivity contribution is 5.05. The Kier molecular flexibility index (Phi) is 3.85. The van der Waals surface area contributed by atoms with Crippen molar-refractivity contribution in [3.63, 3.8) is 0 Å². The van der Waals surface area contributed by atoms with Crippen LogP contribution in [0.4, 0.5) is 0 Å². The molecule has 1 heterocycles. The Morgan fingerprint density at radius 1 is 1.50 bits per heavy atom. The number of hydrogen-bond donors (Lipinski definition) is 1. The molecule has 1 saturated heterocycles. The van der Waals surface area contributed by atoms with E-state index in [9.17, 15) is 0 Å². The summed E-state index contributed by atoms with van der Waals surface area (Å²) in [7, 11) is 0. The van der Waals surface area contributed by atoms with Crippen molar-refractivity contribution in [1.29, 1.82) is 0 Å². The number of morpholine rings is 1. The maximum atomic E-state index is 5.97. The molecule has 2 aliphatic rings. The van der Waals surface area contributed by atoms with Crippen LogP contribution in [0.15, 0.2) is 0 Å². The summed E-state index contributed by atoms with van der Waals surface area (Å²) in [4.78, 5) is 2.51. The topological polar surface area (TPSA) is 47.7 Å². The SMILES string of the molecule is CCOC1CC(CN)(N2CCOC(C)C2)C1. The summed E-state index contributed by atoms with van der Waals surface area (Å²) in [6, 6.07) is 0. The highest BCUT2D eigenvalue weighted by Gasteiger charge is 2.48. The van der Waals surface area contributed by atoms with Gasteiger partial charge < -0.3 is 15.2 Å². The van der Waals surface area contributed by atoms with Crippen LogP contribution in [0.3, 0.4) is 0 Å². The number of rotatable bonds is 4. The summed E-state index contributed by atoms with van der Waals surface area (Å²) in [5.74, 6) is 0. The first kappa shape index (κ1) is 12.3. The Morgan fingerprint density at radius 2 is 2.25 bits per heavy atom. The maximum absolute atomic E-state index is 5.97. The maximum Gasteiger partial charge on any atom is 0.0674 e. The second-order valence-electron chi connectivity index (χ2n) is 5.04. The fourth-order valence-electron chi connectivity index (χ4n) is 2.94. The highest BCUT2D eigenvalue weighted by atomic mass is 16.5. The standard InChI is InChI=1S/C12H24N2O2/c1-3-15-11-6-12(7-11,9-13)14-4-5-16-10(2)8-14/h10-11H,3-9,13H2,1-2H3. The monoisotopic (exact) mass is 228 g/mol. The third-order valence-electron chi connectivity index (χ3n) is 3.91. The van der Waals surface area contributed by atoms with E-state index < -0.39 is 0 Å². The van der Waals surface area contributed by atoms with E-state index in [1.807, 2.05) is 0 Å². The minimum absolute atomic E-state index is 0.192. The van der Waals surface area contributed by atoms with Crippen molar-refractivity contribution in [2.24, 2.45) is 5.73 Å². The molecule has 1 aliphatic carbocycles. The first-order valence-corrected chi connectivity index (χ1v) is 6.38. The lowest BCUT2D eigenvalue weighted by atomic mass is 9.72. The molecule has 0 radical (unpaired) electrons. The molecule has 2 rings (SSSR count). The van der Waals surface area contributed by atoms with Gasteiger partial charge in [-0.2, -0.15) is 0 Å². The molecule has 2 fully saturated rings. The van der Waals surface area contributed by atoms with Gasteiger partial charge in [0.15, 0.2) is 0 Å².